The van der Waals surface area contributed by atoms with E-state index in [1.165, 1.54) is 19.2 Å². The highest BCUT2D eigenvalue weighted by atomic mass is 19.1. The third-order valence-corrected chi connectivity index (χ3v) is 8.47. The van der Waals surface area contributed by atoms with Gasteiger partial charge in [-0.05, 0) is 89.9 Å². The van der Waals surface area contributed by atoms with Crippen LogP contribution in [0.4, 0.5) is 4.39 Å². The number of nitrogens with two attached hydrogens (primary N) is 1. The highest BCUT2D eigenvalue weighted by Gasteiger charge is 2.63. The normalized spacial score (nSPS) is 21.1. The molecule has 0 radical (unpaired) electrons. The van der Waals surface area contributed by atoms with Gasteiger partial charge in [-0.25, -0.2) is 4.39 Å². The number of fused-ring (bicyclic) bond motifs is 1. The van der Waals surface area contributed by atoms with Gasteiger partial charge in [0, 0.05) is 29.1 Å². The number of nitrogens with one attached hydrogen (secondary N) is 2. The third-order valence-electron chi connectivity index (χ3n) is 8.47. The van der Waals surface area contributed by atoms with Crippen molar-refractivity contribution < 1.29 is 23.2 Å². The number of carbonyl (C=O) groups is 3. The van der Waals surface area contributed by atoms with Crippen LogP contribution in [-0.2, 0) is 11.2 Å². The topological polar surface area (TPSA) is 114 Å². The van der Waals surface area contributed by atoms with Gasteiger partial charge in [0.25, 0.3) is 11.8 Å². The Bertz CT molecular complexity index is 1650. The van der Waals surface area contributed by atoms with Gasteiger partial charge in [-0.3, -0.25) is 14.4 Å². The number of hydrogen-bond acceptors (Lipinski definition) is 4. The van der Waals surface area contributed by atoms with Crippen molar-refractivity contribution in [1.29, 1.82) is 0 Å². The Balaban J connectivity index is 1.47. The second kappa shape index (κ2) is 9.08. The van der Waals surface area contributed by atoms with E-state index in [0.29, 0.717) is 50.6 Å². The molecule has 3 aliphatic carbocycles. The Kier molecular flexibility index (Phi) is 5.79. The summed E-state index contributed by atoms with van der Waals surface area (Å²) in [5.41, 5.74) is 9.18. The number of hydrogen-bond donors (Lipinski definition) is 3. The Hall–Kier alpha value is -4.46. The van der Waals surface area contributed by atoms with Gasteiger partial charge in [-0.1, -0.05) is 19.1 Å². The molecule has 2 bridgehead atoms. The van der Waals surface area contributed by atoms with Gasteiger partial charge in [0.2, 0.25) is 5.91 Å². The van der Waals surface area contributed by atoms with Crippen LogP contribution in [0.5, 0.6) is 0 Å². The zero-order valence-corrected chi connectivity index (χ0v) is 21.6. The Morgan fingerprint density at radius 2 is 1.77 bits per heavy atom. The number of furan rings is 1. The molecule has 3 aliphatic rings. The monoisotopic (exact) mass is 525 g/mol. The van der Waals surface area contributed by atoms with Crippen LogP contribution in [0.2, 0.25) is 0 Å². The summed E-state index contributed by atoms with van der Waals surface area (Å²) in [6, 6.07) is 16.4. The number of benzene rings is 3. The molecule has 4 N–H and O–H groups in total. The zero-order valence-electron chi connectivity index (χ0n) is 21.6. The maximum Gasteiger partial charge on any atom is 0.255 e. The van der Waals surface area contributed by atoms with Crippen LogP contribution in [0.15, 0.2) is 65.1 Å². The molecular weight excluding hydrogens is 497 g/mol. The van der Waals surface area contributed by atoms with E-state index >= 15 is 0 Å². The van der Waals surface area contributed by atoms with Crippen molar-refractivity contribution in [2.45, 2.75) is 31.7 Å². The van der Waals surface area contributed by atoms with Crippen LogP contribution in [0.1, 0.15) is 46.0 Å². The molecule has 4 aromatic rings. The summed E-state index contributed by atoms with van der Waals surface area (Å²) in [4.78, 5) is 38.2. The molecule has 3 saturated carbocycles. The molecular formula is C31H28FN3O4. The van der Waals surface area contributed by atoms with Crippen LogP contribution in [0.25, 0.3) is 33.4 Å². The molecule has 0 aliphatic heterocycles. The van der Waals surface area contributed by atoms with Crippen molar-refractivity contribution in [2.24, 2.45) is 17.6 Å². The summed E-state index contributed by atoms with van der Waals surface area (Å²) in [6.45, 7) is 2.18. The van der Waals surface area contributed by atoms with Crippen molar-refractivity contribution in [1.82, 2.24) is 10.6 Å². The minimum atomic E-state index is -0.529. The predicted molar refractivity (Wildman–Crippen MR) is 145 cm³/mol. The number of amides is 3. The van der Waals surface area contributed by atoms with Crippen molar-refractivity contribution in [3.8, 4) is 22.5 Å². The highest BCUT2D eigenvalue weighted by molar-refractivity contribution is 6.12. The summed E-state index contributed by atoms with van der Waals surface area (Å²) in [7, 11) is 1.52. The average molecular weight is 526 g/mol. The number of primary amides is 1. The van der Waals surface area contributed by atoms with E-state index < -0.39 is 11.7 Å². The predicted octanol–water partition coefficient (Wildman–Crippen LogP) is 4.82. The second-order valence-corrected chi connectivity index (χ2v) is 10.7. The molecule has 3 fully saturated rings. The zero-order chi connectivity index (χ0) is 27.5. The molecule has 1 heterocycles. The van der Waals surface area contributed by atoms with Gasteiger partial charge < -0.3 is 20.8 Å². The minimum Gasteiger partial charge on any atom is -0.455 e. The van der Waals surface area contributed by atoms with E-state index in [0.717, 1.165) is 12.8 Å². The Labute approximate surface area is 224 Å². The number of halogens is 1. The van der Waals surface area contributed by atoms with Gasteiger partial charge in [0.1, 0.15) is 17.2 Å². The third kappa shape index (κ3) is 4.07. The van der Waals surface area contributed by atoms with E-state index in [9.17, 15) is 18.8 Å². The molecule has 0 spiro atoms. The first kappa shape index (κ1) is 24.9. The van der Waals surface area contributed by atoms with E-state index in [-0.39, 0.29) is 35.1 Å². The summed E-state index contributed by atoms with van der Waals surface area (Å²) < 4.78 is 19.7. The summed E-state index contributed by atoms with van der Waals surface area (Å²) >= 11 is 0. The van der Waals surface area contributed by atoms with Gasteiger partial charge >= 0.3 is 0 Å². The molecule has 8 heteroatoms. The Morgan fingerprint density at radius 3 is 2.38 bits per heavy atom. The molecule has 3 aromatic carbocycles. The van der Waals surface area contributed by atoms with Crippen molar-refractivity contribution >= 4 is 28.7 Å². The fourth-order valence-corrected chi connectivity index (χ4v) is 6.02. The molecule has 1 atom stereocenters. The molecule has 0 saturated heterocycles. The van der Waals surface area contributed by atoms with Crippen LogP contribution >= 0.6 is 0 Å². The van der Waals surface area contributed by atoms with Gasteiger partial charge in [-0.15, -0.1) is 0 Å². The lowest BCUT2D eigenvalue weighted by Gasteiger charge is -2.67. The maximum absolute atomic E-state index is 13.6. The molecule has 198 valence electrons. The lowest BCUT2D eigenvalue weighted by atomic mass is 9.43. The fraction of sp³-hybridized carbons (Fsp3) is 0.258. The first-order valence-electron chi connectivity index (χ1n) is 13.0. The van der Waals surface area contributed by atoms with Gasteiger partial charge in [0.15, 0.2) is 0 Å². The van der Waals surface area contributed by atoms with Crippen LogP contribution in [0, 0.1) is 17.7 Å². The van der Waals surface area contributed by atoms with Crippen LogP contribution < -0.4 is 16.4 Å². The Morgan fingerprint density at radius 1 is 1.03 bits per heavy atom. The molecule has 39 heavy (non-hydrogen) atoms. The quantitative estimate of drug-likeness (QED) is 0.321. The van der Waals surface area contributed by atoms with Gasteiger partial charge in [0.05, 0.1) is 12.0 Å². The SMILES string of the molecule is CNC(=O)c1c(-c2ccc(F)cc2)oc2cc(CC(N)=O)c(-c3cccc(C(=O)NC45CC(C4)[C@@H]5C)c3)cc12. The first-order chi connectivity index (χ1) is 18.7. The van der Waals surface area contributed by atoms with Crippen molar-refractivity contribution in [2.75, 3.05) is 7.05 Å². The average Bonchev–Trinajstić information content (AvgIpc) is 3.28. The smallest absolute Gasteiger partial charge is 0.255 e. The van der Waals surface area contributed by atoms with Crippen molar-refractivity contribution in [3.05, 3.63) is 83.2 Å². The maximum atomic E-state index is 13.6. The fourth-order valence-electron chi connectivity index (χ4n) is 6.02. The van der Waals surface area contributed by atoms with E-state index in [1.807, 2.05) is 6.07 Å². The highest BCUT2D eigenvalue weighted by Crippen LogP contribution is 2.61. The summed E-state index contributed by atoms with van der Waals surface area (Å²) in [5.74, 6) is 0.0497. The molecule has 7 rings (SSSR count). The summed E-state index contributed by atoms with van der Waals surface area (Å²) in [6.07, 6.45) is 1.99. The molecule has 1 aromatic heterocycles. The second-order valence-electron chi connectivity index (χ2n) is 10.7. The molecule has 3 amide bonds. The van der Waals surface area contributed by atoms with E-state index in [4.69, 9.17) is 10.2 Å². The molecule has 7 nitrogen and oxygen atoms in total. The van der Waals surface area contributed by atoms with Crippen molar-refractivity contribution in [3.63, 3.8) is 0 Å². The molecule has 0 unspecified atom stereocenters. The largest absolute Gasteiger partial charge is 0.455 e. The van der Waals surface area contributed by atoms with Gasteiger partial charge in [-0.2, -0.15) is 0 Å². The summed E-state index contributed by atoms with van der Waals surface area (Å²) in [5, 5.41) is 6.40. The van der Waals surface area contributed by atoms with Crippen LogP contribution in [0.3, 0.4) is 0 Å². The standard InChI is InChI=1S/C31H28FN3O4/c1-16-21-14-31(16,15-21)35-29(37)19-5-3-4-18(10-19)23-13-24-25(11-20(23)12-26(33)36)39-28(27(24)30(38)34-2)17-6-8-22(32)9-7-17/h3-11,13,16,21H,12,14-15H2,1-2H3,(H2,33,36)(H,34,38)(H,35,37)/t16-,21?,31?/m0/s1. The minimum absolute atomic E-state index is 0.0639. The van der Waals surface area contributed by atoms with E-state index in [2.05, 4.69) is 17.6 Å². The number of carbonyl (C=O) groups excluding carboxylic acids is 3. The first-order valence-corrected chi connectivity index (χ1v) is 13.0. The van der Waals surface area contributed by atoms with Crippen LogP contribution in [-0.4, -0.2) is 30.3 Å². The van der Waals surface area contributed by atoms with E-state index in [1.54, 1.807) is 42.5 Å². The number of rotatable bonds is 7. The lowest BCUT2D eigenvalue weighted by Crippen LogP contribution is -2.74. The lowest BCUT2D eigenvalue weighted by molar-refractivity contribution is -0.118.